The molecule has 0 aliphatic carbocycles. The van der Waals surface area contributed by atoms with Crippen LogP contribution in [0.15, 0.2) is 144 Å². The second kappa shape index (κ2) is 10.7. The molecule has 234 valence electrons. The Morgan fingerprint density at radius 1 is 0.490 bits per heavy atom. The highest BCUT2D eigenvalue weighted by molar-refractivity contribution is 6.39. The molecule has 3 heterocycles. The highest BCUT2D eigenvalue weighted by Gasteiger charge is 2.28. The van der Waals surface area contributed by atoms with E-state index in [0.29, 0.717) is 16.7 Å². The predicted octanol–water partition coefficient (Wildman–Crippen LogP) is 11.1. The van der Waals surface area contributed by atoms with Gasteiger partial charge in [-0.05, 0) is 65.7 Å². The number of fused-ring (bicyclic) bond motifs is 12. The molecule has 0 unspecified atom stereocenters. The number of rotatable bonds is 3. The van der Waals surface area contributed by atoms with Gasteiger partial charge in [0.05, 0.1) is 67.4 Å². The summed E-state index contributed by atoms with van der Waals surface area (Å²) in [6.45, 7) is 0. The second-order valence-electron chi connectivity index (χ2n) is 12.6. The average Bonchev–Trinajstić information content (AvgIpc) is 3.85. The van der Waals surface area contributed by atoms with Gasteiger partial charge >= 0.3 is 0 Å². The molecule has 0 aliphatic rings. The van der Waals surface area contributed by atoms with Gasteiger partial charge in [-0.3, -0.25) is 0 Å². The van der Waals surface area contributed by atoms with Crippen molar-refractivity contribution in [3.8, 4) is 40.7 Å². The molecule has 0 saturated carbocycles. The zero-order valence-corrected chi connectivity index (χ0v) is 26.9. The molecule has 0 atom stereocenters. The third-order valence-electron chi connectivity index (χ3n) is 10.00. The summed E-state index contributed by atoms with van der Waals surface area (Å²) >= 11 is 0. The van der Waals surface area contributed by atoms with E-state index in [1.807, 2.05) is 97.1 Å². The number of nitrogens with zero attached hydrogens (tertiary/aromatic N) is 5. The van der Waals surface area contributed by atoms with E-state index in [9.17, 15) is 15.8 Å². The van der Waals surface area contributed by atoms with Crippen molar-refractivity contribution < 1.29 is 4.42 Å². The number of hydrogen-bond donors (Lipinski definition) is 0. The van der Waals surface area contributed by atoms with E-state index in [4.69, 9.17) is 4.42 Å². The third kappa shape index (κ3) is 3.89. The van der Waals surface area contributed by atoms with Crippen molar-refractivity contribution in [2.24, 2.45) is 0 Å². The molecule has 0 bridgehead atoms. The van der Waals surface area contributed by atoms with Crippen LogP contribution in [0.4, 0.5) is 0 Å². The van der Waals surface area contributed by atoms with Gasteiger partial charge in [0.15, 0.2) is 0 Å². The van der Waals surface area contributed by atoms with Crippen molar-refractivity contribution in [1.82, 2.24) is 9.13 Å². The summed E-state index contributed by atoms with van der Waals surface area (Å²) in [6, 6.07) is 52.8. The van der Waals surface area contributed by atoms with Crippen LogP contribution in [0.5, 0.6) is 0 Å². The summed E-state index contributed by atoms with van der Waals surface area (Å²) in [5.41, 5.74) is 10.1. The molecule has 10 aromatic rings. The third-order valence-corrected chi connectivity index (χ3v) is 10.00. The first-order valence-corrected chi connectivity index (χ1v) is 16.5. The molecule has 3 aromatic heterocycles. The van der Waals surface area contributed by atoms with E-state index in [1.165, 1.54) is 0 Å². The largest absolute Gasteiger partial charge is 0.455 e. The molecule has 0 radical (unpaired) electrons. The fourth-order valence-electron chi connectivity index (χ4n) is 7.93. The molecule has 0 aliphatic heterocycles. The minimum atomic E-state index is 0.478. The van der Waals surface area contributed by atoms with Gasteiger partial charge in [-0.15, -0.1) is 0 Å². The summed E-state index contributed by atoms with van der Waals surface area (Å²) in [4.78, 5) is 0. The molecule has 0 amide bonds. The molecule has 51 heavy (non-hydrogen) atoms. The lowest BCUT2D eigenvalue weighted by atomic mass is 9.98. The molecular formula is C45H23N5O. The monoisotopic (exact) mass is 649 g/mol. The van der Waals surface area contributed by atoms with E-state index < -0.39 is 0 Å². The summed E-state index contributed by atoms with van der Waals surface area (Å²) in [5, 5.41) is 36.5. The first-order valence-electron chi connectivity index (χ1n) is 16.5. The van der Waals surface area contributed by atoms with Crippen molar-refractivity contribution >= 4 is 65.6 Å². The van der Waals surface area contributed by atoms with E-state index in [1.54, 1.807) is 6.07 Å². The molecular weight excluding hydrogens is 627 g/mol. The smallest absolute Gasteiger partial charge is 0.147 e. The van der Waals surface area contributed by atoms with E-state index in [0.717, 1.165) is 88.1 Å². The van der Waals surface area contributed by atoms with Gasteiger partial charge in [0, 0.05) is 27.2 Å². The van der Waals surface area contributed by atoms with Crippen LogP contribution in [0.25, 0.3) is 88.1 Å². The molecule has 0 N–H and O–H groups in total. The molecule has 10 rings (SSSR count). The number of benzene rings is 7. The fraction of sp³-hybridized carbons (Fsp3) is 0. The average molecular weight is 650 g/mol. The van der Waals surface area contributed by atoms with Crippen molar-refractivity contribution in [1.29, 1.82) is 15.8 Å². The summed E-state index contributed by atoms with van der Waals surface area (Å²) in [6.07, 6.45) is 0. The van der Waals surface area contributed by atoms with Crippen LogP contribution in [-0.2, 0) is 0 Å². The predicted molar refractivity (Wildman–Crippen MR) is 202 cm³/mol. The van der Waals surface area contributed by atoms with E-state index in [-0.39, 0.29) is 0 Å². The molecule has 0 spiro atoms. The van der Waals surface area contributed by atoms with Crippen LogP contribution in [0.3, 0.4) is 0 Å². The normalized spacial score (nSPS) is 11.5. The standard InChI is InChI=1S/C45H23N5O/c46-24-27-10-9-12-31(22-27)49-37-17-6-3-14-33(37)40-43(49)42-35-16-5-8-19-39(35)51-45(42)41-34-15-4-7-18-38(34)50(44(40)41)36-21-20-28(23-30(36)26-48)32-13-2-1-11-29(32)25-47/h1-23H. The Morgan fingerprint density at radius 2 is 1.14 bits per heavy atom. The molecule has 0 saturated heterocycles. The zero-order valence-electron chi connectivity index (χ0n) is 26.9. The van der Waals surface area contributed by atoms with Crippen LogP contribution < -0.4 is 0 Å². The lowest BCUT2D eigenvalue weighted by molar-refractivity contribution is 0.673. The van der Waals surface area contributed by atoms with Gasteiger partial charge in [-0.2, -0.15) is 15.8 Å². The number of furan rings is 1. The van der Waals surface area contributed by atoms with Crippen LogP contribution in [-0.4, -0.2) is 9.13 Å². The molecule has 6 nitrogen and oxygen atoms in total. The Balaban J connectivity index is 1.46. The summed E-state index contributed by atoms with van der Waals surface area (Å²) in [5.74, 6) is 0. The first-order chi connectivity index (χ1) is 25.2. The minimum Gasteiger partial charge on any atom is -0.455 e. The van der Waals surface area contributed by atoms with Crippen molar-refractivity contribution in [2.75, 3.05) is 0 Å². The van der Waals surface area contributed by atoms with Gasteiger partial charge in [0.2, 0.25) is 0 Å². The van der Waals surface area contributed by atoms with Crippen LogP contribution in [0, 0.1) is 34.0 Å². The van der Waals surface area contributed by atoms with Crippen molar-refractivity contribution in [3.63, 3.8) is 0 Å². The highest BCUT2D eigenvalue weighted by Crippen LogP contribution is 2.49. The Morgan fingerprint density at radius 3 is 1.92 bits per heavy atom. The summed E-state index contributed by atoms with van der Waals surface area (Å²) in [7, 11) is 0. The Bertz CT molecular complexity index is 3240. The Hall–Kier alpha value is -7.59. The van der Waals surface area contributed by atoms with Crippen molar-refractivity contribution in [3.05, 3.63) is 156 Å². The van der Waals surface area contributed by atoms with E-state index >= 15 is 0 Å². The van der Waals surface area contributed by atoms with Gasteiger partial charge in [0.25, 0.3) is 0 Å². The van der Waals surface area contributed by atoms with Crippen LogP contribution in [0.2, 0.25) is 0 Å². The van der Waals surface area contributed by atoms with Crippen molar-refractivity contribution in [2.45, 2.75) is 0 Å². The van der Waals surface area contributed by atoms with E-state index in [2.05, 4.69) is 63.7 Å². The topological polar surface area (TPSA) is 94.4 Å². The molecule has 6 heteroatoms. The number of para-hydroxylation sites is 3. The fourth-order valence-corrected chi connectivity index (χ4v) is 7.93. The lowest BCUT2D eigenvalue weighted by Crippen LogP contribution is -1.99. The number of nitriles is 3. The quantitative estimate of drug-likeness (QED) is 0.190. The maximum absolute atomic E-state index is 10.7. The lowest BCUT2D eigenvalue weighted by Gasteiger charge is -2.14. The number of aromatic nitrogens is 2. The molecule has 7 aromatic carbocycles. The molecule has 0 fully saturated rings. The van der Waals surface area contributed by atoms with Gasteiger partial charge in [0.1, 0.15) is 17.2 Å². The van der Waals surface area contributed by atoms with Gasteiger partial charge in [-0.25, -0.2) is 0 Å². The second-order valence-corrected chi connectivity index (χ2v) is 12.6. The minimum absolute atomic E-state index is 0.478. The zero-order chi connectivity index (χ0) is 34.2. The van der Waals surface area contributed by atoms with Crippen LogP contribution >= 0.6 is 0 Å². The Labute approximate surface area is 291 Å². The van der Waals surface area contributed by atoms with Crippen LogP contribution in [0.1, 0.15) is 16.7 Å². The number of hydrogen-bond acceptors (Lipinski definition) is 4. The summed E-state index contributed by atoms with van der Waals surface area (Å²) < 4.78 is 11.3. The SMILES string of the molecule is N#Cc1cccc(-n2c3ccccc3c3c4c(c5ccccc5n4-c4ccc(-c5ccccc5C#N)cc4C#N)c4oc5ccccc5c4c32)c1. The first kappa shape index (κ1) is 28.4. The van der Waals surface area contributed by atoms with Gasteiger partial charge in [-0.1, -0.05) is 84.9 Å². The highest BCUT2D eigenvalue weighted by atomic mass is 16.3. The maximum atomic E-state index is 10.7. The Kier molecular flexibility index (Phi) is 5.97. The van der Waals surface area contributed by atoms with Gasteiger partial charge < -0.3 is 13.6 Å². The maximum Gasteiger partial charge on any atom is 0.147 e.